The molecule has 3 amide bonds. The van der Waals surface area contributed by atoms with Crippen molar-refractivity contribution < 1.29 is 14.4 Å². The SMILES string of the molecule is O=C1CCC(C(=O)N2CCN(C(=O)c3ccccn3)CC2)N1. The summed E-state index contributed by atoms with van der Waals surface area (Å²) in [6.45, 7) is 1.96. The van der Waals surface area contributed by atoms with Gasteiger partial charge in [-0.25, -0.2) is 0 Å². The van der Waals surface area contributed by atoms with Gasteiger partial charge in [-0.05, 0) is 18.6 Å². The molecule has 1 aromatic rings. The number of pyridine rings is 1. The Morgan fingerprint density at radius 3 is 2.45 bits per heavy atom. The van der Waals surface area contributed by atoms with Gasteiger partial charge in [-0.2, -0.15) is 0 Å². The molecule has 0 aliphatic carbocycles. The molecule has 1 atom stereocenters. The van der Waals surface area contributed by atoms with Crippen LogP contribution in [0.4, 0.5) is 0 Å². The lowest BCUT2D eigenvalue weighted by atomic mass is 10.2. The van der Waals surface area contributed by atoms with Gasteiger partial charge in [0.15, 0.2) is 0 Å². The number of hydrogen-bond acceptors (Lipinski definition) is 4. The molecule has 2 aliphatic rings. The van der Waals surface area contributed by atoms with E-state index in [9.17, 15) is 14.4 Å². The molecular weight excluding hydrogens is 284 g/mol. The molecule has 7 heteroatoms. The highest BCUT2D eigenvalue weighted by atomic mass is 16.2. The minimum absolute atomic E-state index is 0.0456. The first kappa shape index (κ1) is 14.5. The quantitative estimate of drug-likeness (QED) is 0.809. The van der Waals surface area contributed by atoms with Gasteiger partial charge in [0.2, 0.25) is 11.8 Å². The van der Waals surface area contributed by atoms with Gasteiger partial charge in [0.1, 0.15) is 11.7 Å². The zero-order valence-corrected chi connectivity index (χ0v) is 12.2. The fourth-order valence-electron chi connectivity index (χ4n) is 2.80. The highest BCUT2D eigenvalue weighted by molar-refractivity contribution is 5.93. The Labute approximate surface area is 128 Å². The third-order valence-corrected chi connectivity index (χ3v) is 4.06. The van der Waals surface area contributed by atoms with Gasteiger partial charge in [0.05, 0.1) is 0 Å². The number of piperazine rings is 1. The van der Waals surface area contributed by atoms with E-state index in [1.54, 1.807) is 34.2 Å². The standard InChI is InChI=1S/C15H18N4O3/c20-13-5-4-12(17-13)15(22)19-9-7-18(8-10-19)14(21)11-3-1-2-6-16-11/h1-3,6,12H,4-5,7-10H2,(H,17,20). The van der Waals surface area contributed by atoms with E-state index in [0.29, 0.717) is 44.7 Å². The van der Waals surface area contributed by atoms with Crippen molar-refractivity contribution in [3.8, 4) is 0 Å². The maximum atomic E-state index is 12.3. The Balaban J connectivity index is 1.55. The number of nitrogens with one attached hydrogen (secondary N) is 1. The van der Waals surface area contributed by atoms with E-state index in [1.807, 2.05) is 0 Å². The van der Waals surface area contributed by atoms with Crippen molar-refractivity contribution in [2.75, 3.05) is 26.2 Å². The molecule has 2 fully saturated rings. The summed E-state index contributed by atoms with van der Waals surface area (Å²) >= 11 is 0. The number of aromatic nitrogens is 1. The smallest absolute Gasteiger partial charge is 0.272 e. The van der Waals surface area contributed by atoms with Crippen molar-refractivity contribution in [2.45, 2.75) is 18.9 Å². The second kappa shape index (κ2) is 6.13. The lowest BCUT2D eigenvalue weighted by Gasteiger charge is -2.35. The van der Waals surface area contributed by atoms with E-state index in [1.165, 1.54) is 0 Å². The normalized spacial score (nSPS) is 21.6. The van der Waals surface area contributed by atoms with E-state index in [4.69, 9.17) is 0 Å². The first-order valence-electron chi connectivity index (χ1n) is 7.43. The van der Waals surface area contributed by atoms with Crippen molar-refractivity contribution in [1.29, 1.82) is 0 Å². The molecule has 1 N–H and O–H groups in total. The van der Waals surface area contributed by atoms with Crippen LogP contribution in [0.2, 0.25) is 0 Å². The summed E-state index contributed by atoms with van der Waals surface area (Å²) in [4.78, 5) is 43.3. The van der Waals surface area contributed by atoms with Gasteiger partial charge < -0.3 is 15.1 Å². The molecule has 7 nitrogen and oxygen atoms in total. The Kier molecular flexibility index (Phi) is 4.04. The van der Waals surface area contributed by atoms with Crippen molar-refractivity contribution >= 4 is 17.7 Å². The van der Waals surface area contributed by atoms with Crippen molar-refractivity contribution in [3.05, 3.63) is 30.1 Å². The van der Waals surface area contributed by atoms with Gasteiger partial charge >= 0.3 is 0 Å². The number of nitrogens with zero attached hydrogens (tertiary/aromatic N) is 3. The summed E-state index contributed by atoms with van der Waals surface area (Å²) in [7, 11) is 0. The van der Waals surface area contributed by atoms with Crippen molar-refractivity contribution in [1.82, 2.24) is 20.1 Å². The summed E-state index contributed by atoms with van der Waals surface area (Å²) in [6, 6.07) is 4.84. The van der Waals surface area contributed by atoms with E-state index in [-0.39, 0.29) is 17.7 Å². The van der Waals surface area contributed by atoms with Crippen LogP contribution in [0, 0.1) is 0 Å². The van der Waals surface area contributed by atoms with Crippen molar-refractivity contribution in [2.24, 2.45) is 0 Å². The molecule has 0 spiro atoms. The second-order valence-corrected chi connectivity index (χ2v) is 5.49. The minimum atomic E-state index is -0.398. The Morgan fingerprint density at radius 2 is 1.86 bits per heavy atom. The molecule has 1 unspecified atom stereocenters. The molecule has 3 rings (SSSR count). The zero-order valence-electron chi connectivity index (χ0n) is 12.2. The predicted octanol–water partition coefficient (Wildman–Crippen LogP) is -0.355. The summed E-state index contributed by atoms with van der Waals surface area (Å²) < 4.78 is 0. The zero-order chi connectivity index (χ0) is 15.5. The van der Waals surface area contributed by atoms with Crippen LogP contribution in [0.15, 0.2) is 24.4 Å². The highest BCUT2D eigenvalue weighted by Gasteiger charge is 2.33. The number of amides is 3. The lowest BCUT2D eigenvalue weighted by Crippen LogP contribution is -2.54. The van der Waals surface area contributed by atoms with E-state index >= 15 is 0 Å². The summed E-state index contributed by atoms with van der Waals surface area (Å²) in [6.07, 6.45) is 2.56. The molecule has 2 aliphatic heterocycles. The first-order valence-corrected chi connectivity index (χ1v) is 7.43. The molecule has 3 heterocycles. The lowest BCUT2D eigenvalue weighted by molar-refractivity contribution is -0.135. The van der Waals surface area contributed by atoms with Gasteiger partial charge in [0.25, 0.3) is 5.91 Å². The fraction of sp³-hybridized carbons (Fsp3) is 0.467. The van der Waals surface area contributed by atoms with Crippen LogP contribution in [-0.4, -0.2) is 64.7 Å². The van der Waals surface area contributed by atoms with Crippen LogP contribution in [0.5, 0.6) is 0 Å². The van der Waals surface area contributed by atoms with Gasteiger partial charge in [0, 0.05) is 38.8 Å². The molecule has 0 bridgehead atoms. The molecule has 0 radical (unpaired) electrons. The largest absolute Gasteiger partial charge is 0.344 e. The van der Waals surface area contributed by atoms with Crippen LogP contribution in [0.25, 0.3) is 0 Å². The molecule has 0 aromatic carbocycles. The van der Waals surface area contributed by atoms with E-state index in [2.05, 4.69) is 10.3 Å². The predicted molar refractivity (Wildman–Crippen MR) is 77.9 cm³/mol. The van der Waals surface area contributed by atoms with E-state index < -0.39 is 6.04 Å². The molecule has 1 aromatic heterocycles. The third-order valence-electron chi connectivity index (χ3n) is 4.06. The summed E-state index contributed by atoms with van der Waals surface area (Å²) in [5.41, 5.74) is 0.422. The van der Waals surface area contributed by atoms with Crippen molar-refractivity contribution in [3.63, 3.8) is 0 Å². The molecule has 116 valence electrons. The van der Waals surface area contributed by atoms with Crippen LogP contribution < -0.4 is 5.32 Å². The molecule has 0 saturated carbocycles. The van der Waals surface area contributed by atoms with Crippen LogP contribution >= 0.6 is 0 Å². The number of carbonyl (C=O) groups is 3. The molecule has 22 heavy (non-hydrogen) atoms. The van der Waals surface area contributed by atoms with Crippen LogP contribution in [0.1, 0.15) is 23.3 Å². The monoisotopic (exact) mass is 302 g/mol. The average molecular weight is 302 g/mol. The highest BCUT2D eigenvalue weighted by Crippen LogP contribution is 2.13. The third kappa shape index (κ3) is 2.93. The van der Waals surface area contributed by atoms with Gasteiger partial charge in [-0.1, -0.05) is 6.07 Å². The number of rotatable bonds is 2. The Bertz CT molecular complexity index is 582. The average Bonchev–Trinajstić information content (AvgIpc) is 3.01. The van der Waals surface area contributed by atoms with Gasteiger partial charge in [-0.3, -0.25) is 19.4 Å². The topological polar surface area (TPSA) is 82.6 Å². The summed E-state index contributed by atoms with van der Waals surface area (Å²) in [5, 5.41) is 2.69. The second-order valence-electron chi connectivity index (χ2n) is 5.49. The summed E-state index contributed by atoms with van der Waals surface area (Å²) in [5.74, 6) is -0.222. The first-order chi connectivity index (χ1) is 10.6. The van der Waals surface area contributed by atoms with Crippen LogP contribution in [-0.2, 0) is 9.59 Å². The Morgan fingerprint density at radius 1 is 1.14 bits per heavy atom. The molecule has 2 saturated heterocycles. The number of carbonyl (C=O) groups excluding carboxylic acids is 3. The minimum Gasteiger partial charge on any atom is -0.344 e. The fourth-order valence-corrected chi connectivity index (χ4v) is 2.80. The maximum Gasteiger partial charge on any atom is 0.272 e. The van der Waals surface area contributed by atoms with Crippen LogP contribution in [0.3, 0.4) is 0 Å². The molecular formula is C15H18N4O3. The maximum absolute atomic E-state index is 12.3. The van der Waals surface area contributed by atoms with Gasteiger partial charge in [-0.15, -0.1) is 0 Å². The van der Waals surface area contributed by atoms with E-state index in [0.717, 1.165) is 0 Å². The number of hydrogen-bond donors (Lipinski definition) is 1. The Hall–Kier alpha value is -2.44.